The number of aromatic nitrogens is 4. The van der Waals surface area contributed by atoms with Crippen molar-refractivity contribution in [1.29, 1.82) is 0 Å². The first-order valence-electron chi connectivity index (χ1n) is 6.27. The second-order valence-corrected chi connectivity index (χ2v) is 5.48. The van der Waals surface area contributed by atoms with Crippen molar-refractivity contribution in [3.8, 4) is 11.4 Å². The maximum absolute atomic E-state index is 9.30. The van der Waals surface area contributed by atoms with Gasteiger partial charge in [-0.05, 0) is 54.1 Å². The second kappa shape index (κ2) is 5.58. The van der Waals surface area contributed by atoms with Crippen molar-refractivity contribution < 1.29 is 5.11 Å². The molecule has 1 aliphatic rings. The zero-order valence-electron chi connectivity index (χ0n) is 10.4. The Balaban J connectivity index is 1.72. The second-order valence-electron chi connectivity index (χ2n) is 4.49. The van der Waals surface area contributed by atoms with Gasteiger partial charge < -0.3 is 10.4 Å². The summed E-state index contributed by atoms with van der Waals surface area (Å²) in [4.78, 5) is 0. The van der Waals surface area contributed by atoms with Crippen LogP contribution in [-0.4, -0.2) is 43.7 Å². The van der Waals surface area contributed by atoms with Crippen molar-refractivity contribution in [3.05, 3.63) is 24.3 Å². The molecule has 1 atom stereocenters. The summed E-state index contributed by atoms with van der Waals surface area (Å²) in [7, 11) is 0. The topological polar surface area (TPSA) is 75.9 Å². The molecule has 19 heavy (non-hydrogen) atoms. The van der Waals surface area contributed by atoms with Gasteiger partial charge in [0.15, 0.2) is 0 Å². The minimum absolute atomic E-state index is 0.237. The molecule has 0 spiro atoms. The molecule has 1 saturated heterocycles. The normalized spacial score (nSPS) is 18.8. The minimum Gasteiger partial charge on any atom is -0.508 e. The first kappa shape index (κ1) is 12.4. The zero-order chi connectivity index (χ0) is 13.1. The highest BCUT2D eigenvalue weighted by atomic mass is 32.2. The highest BCUT2D eigenvalue weighted by Crippen LogP contribution is 2.22. The van der Waals surface area contributed by atoms with Gasteiger partial charge in [-0.1, -0.05) is 11.8 Å². The van der Waals surface area contributed by atoms with Gasteiger partial charge in [0.2, 0.25) is 5.16 Å². The summed E-state index contributed by atoms with van der Waals surface area (Å²) in [5, 5.41) is 25.3. The molecule has 1 aromatic carbocycles. The van der Waals surface area contributed by atoms with E-state index in [0.29, 0.717) is 6.04 Å². The molecule has 0 amide bonds. The van der Waals surface area contributed by atoms with E-state index in [1.165, 1.54) is 12.8 Å². The largest absolute Gasteiger partial charge is 0.508 e. The zero-order valence-corrected chi connectivity index (χ0v) is 11.2. The molecule has 2 heterocycles. The lowest BCUT2D eigenvalue weighted by molar-refractivity contribution is 0.475. The van der Waals surface area contributed by atoms with Crippen LogP contribution in [0.1, 0.15) is 12.8 Å². The van der Waals surface area contributed by atoms with E-state index < -0.39 is 0 Å². The molecule has 0 bridgehead atoms. The van der Waals surface area contributed by atoms with Crippen LogP contribution in [0, 0.1) is 0 Å². The molecule has 3 rings (SSSR count). The van der Waals surface area contributed by atoms with Crippen LogP contribution in [0.4, 0.5) is 0 Å². The highest BCUT2D eigenvalue weighted by molar-refractivity contribution is 7.99. The number of aromatic hydroxyl groups is 1. The number of nitrogens with zero attached hydrogens (tertiary/aromatic N) is 4. The molecule has 100 valence electrons. The Hall–Kier alpha value is -1.60. The van der Waals surface area contributed by atoms with E-state index in [-0.39, 0.29) is 5.75 Å². The average molecular weight is 277 g/mol. The molecule has 1 aromatic heterocycles. The quantitative estimate of drug-likeness (QED) is 0.818. The fraction of sp³-hybridized carbons (Fsp3) is 0.417. The van der Waals surface area contributed by atoms with E-state index in [2.05, 4.69) is 20.8 Å². The maximum Gasteiger partial charge on any atom is 0.214 e. The Morgan fingerprint density at radius 2 is 2.21 bits per heavy atom. The smallest absolute Gasteiger partial charge is 0.214 e. The third-order valence-corrected chi connectivity index (χ3v) is 4.19. The van der Waals surface area contributed by atoms with Gasteiger partial charge >= 0.3 is 0 Å². The van der Waals surface area contributed by atoms with Crippen LogP contribution < -0.4 is 5.32 Å². The minimum atomic E-state index is 0.237. The number of hydrogen-bond donors (Lipinski definition) is 2. The molecular weight excluding hydrogens is 262 g/mol. The molecular formula is C12H15N5OS. The number of thioether (sulfide) groups is 1. The lowest BCUT2D eigenvalue weighted by atomic mass is 10.3. The van der Waals surface area contributed by atoms with E-state index in [9.17, 15) is 5.11 Å². The van der Waals surface area contributed by atoms with Crippen LogP contribution in [0.25, 0.3) is 5.69 Å². The molecule has 2 N–H and O–H groups in total. The maximum atomic E-state index is 9.30. The number of tetrazole rings is 1. The van der Waals surface area contributed by atoms with Gasteiger partial charge in [-0.15, -0.1) is 5.10 Å². The van der Waals surface area contributed by atoms with Gasteiger partial charge in [0, 0.05) is 11.8 Å². The van der Waals surface area contributed by atoms with Crippen molar-refractivity contribution in [2.45, 2.75) is 24.0 Å². The van der Waals surface area contributed by atoms with Crippen LogP contribution in [-0.2, 0) is 0 Å². The standard InChI is InChI=1S/C12H15N5OS/c18-11-5-3-10(4-6-11)17-12(14-15-16-17)19-8-9-2-1-7-13-9/h3-6,9,13,18H,1-2,7-8H2/t9-/m1/s1. The van der Waals surface area contributed by atoms with E-state index >= 15 is 0 Å². The number of nitrogens with one attached hydrogen (secondary N) is 1. The summed E-state index contributed by atoms with van der Waals surface area (Å²) in [6.07, 6.45) is 2.46. The van der Waals surface area contributed by atoms with Gasteiger partial charge in [-0.25, -0.2) is 0 Å². The molecule has 6 nitrogen and oxygen atoms in total. The predicted molar refractivity (Wildman–Crippen MR) is 72.6 cm³/mol. The fourth-order valence-electron chi connectivity index (χ4n) is 2.10. The van der Waals surface area contributed by atoms with Crippen LogP contribution >= 0.6 is 11.8 Å². The molecule has 7 heteroatoms. The third kappa shape index (κ3) is 2.87. The van der Waals surface area contributed by atoms with E-state index in [4.69, 9.17) is 0 Å². The van der Waals surface area contributed by atoms with Crippen molar-refractivity contribution in [3.63, 3.8) is 0 Å². The highest BCUT2D eigenvalue weighted by Gasteiger charge is 2.16. The number of rotatable bonds is 4. The number of phenols is 1. The Labute approximate surface area is 115 Å². The Morgan fingerprint density at radius 3 is 2.95 bits per heavy atom. The lowest BCUT2D eigenvalue weighted by Crippen LogP contribution is -2.23. The molecule has 1 aliphatic heterocycles. The molecule has 2 aromatic rings. The third-order valence-electron chi connectivity index (χ3n) is 3.11. The number of phenolic OH excluding ortho intramolecular Hbond substituents is 1. The molecule has 0 saturated carbocycles. The van der Waals surface area contributed by atoms with Crippen molar-refractivity contribution >= 4 is 11.8 Å². The Bertz CT molecular complexity index is 535. The predicted octanol–water partition coefficient (Wildman–Crippen LogP) is 1.21. The Kier molecular flexibility index (Phi) is 3.65. The summed E-state index contributed by atoms with van der Waals surface area (Å²) in [6, 6.07) is 7.40. The number of benzene rings is 1. The van der Waals surface area contributed by atoms with E-state index in [0.717, 1.165) is 23.1 Å². The molecule has 0 unspecified atom stereocenters. The lowest BCUT2D eigenvalue weighted by Gasteiger charge is -2.09. The van der Waals surface area contributed by atoms with Crippen LogP contribution in [0.3, 0.4) is 0 Å². The summed E-state index contributed by atoms with van der Waals surface area (Å²) >= 11 is 1.65. The van der Waals surface area contributed by atoms with Gasteiger partial charge in [-0.3, -0.25) is 0 Å². The van der Waals surface area contributed by atoms with Crippen LogP contribution in [0.5, 0.6) is 5.75 Å². The van der Waals surface area contributed by atoms with Crippen molar-refractivity contribution in [2.75, 3.05) is 12.3 Å². The van der Waals surface area contributed by atoms with Gasteiger partial charge in [0.25, 0.3) is 0 Å². The SMILES string of the molecule is Oc1ccc(-n2nnnc2SC[C@H]2CCCN2)cc1. The first-order valence-corrected chi connectivity index (χ1v) is 7.25. The summed E-state index contributed by atoms with van der Waals surface area (Å²) in [6.45, 7) is 1.11. The molecule has 1 fully saturated rings. The molecule has 0 aliphatic carbocycles. The monoisotopic (exact) mass is 277 g/mol. The van der Waals surface area contributed by atoms with Crippen LogP contribution in [0.15, 0.2) is 29.4 Å². The first-order chi connectivity index (χ1) is 9.33. The Morgan fingerprint density at radius 1 is 1.37 bits per heavy atom. The summed E-state index contributed by atoms with van der Waals surface area (Å²) < 4.78 is 1.69. The molecule has 0 radical (unpaired) electrons. The fourth-order valence-corrected chi connectivity index (χ4v) is 3.09. The van der Waals surface area contributed by atoms with Crippen molar-refractivity contribution in [2.24, 2.45) is 0 Å². The van der Waals surface area contributed by atoms with Crippen molar-refractivity contribution in [1.82, 2.24) is 25.5 Å². The van der Waals surface area contributed by atoms with E-state index in [1.54, 1.807) is 40.7 Å². The van der Waals surface area contributed by atoms with Gasteiger partial charge in [-0.2, -0.15) is 4.68 Å². The van der Waals surface area contributed by atoms with Gasteiger partial charge in [0.05, 0.1) is 5.69 Å². The summed E-state index contributed by atoms with van der Waals surface area (Å²) in [5.41, 5.74) is 0.852. The summed E-state index contributed by atoms with van der Waals surface area (Å²) in [5.74, 6) is 1.21. The van der Waals surface area contributed by atoms with Crippen LogP contribution in [0.2, 0.25) is 0 Å². The van der Waals surface area contributed by atoms with Gasteiger partial charge in [0.1, 0.15) is 5.75 Å². The van der Waals surface area contributed by atoms with E-state index in [1.807, 2.05) is 0 Å². The average Bonchev–Trinajstić information content (AvgIpc) is 3.08. The number of hydrogen-bond acceptors (Lipinski definition) is 6.